The molecule has 0 bridgehead atoms. The van der Waals surface area contributed by atoms with Gasteiger partial charge in [-0.25, -0.2) is 0 Å². The largest absolute Gasteiger partial charge is 0.386 e. The highest BCUT2D eigenvalue weighted by molar-refractivity contribution is 5.82. The number of rotatable bonds is 3. The molecule has 3 heteroatoms. The molecule has 0 saturated carbocycles. The molecule has 1 unspecified atom stereocenters. The lowest BCUT2D eigenvalue weighted by Gasteiger charge is -2.13. The van der Waals surface area contributed by atoms with Crippen LogP contribution in [-0.2, 0) is 6.42 Å². The first-order valence-electron chi connectivity index (χ1n) is 5.37. The minimum Gasteiger partial charge on any atom is -0.386 e. The maximum Gasteiger partial charge on any atom is 0.110 e. The van der Waals surface area contributed by atoms with Crippen LogP contribution >= 0.6 is 0 Å². The van der Waals surface area contributed by atoms with Crippen molar-refractivity contribution in [1.82, 2.24) is 0 Å². The Bertz CT molecular complexity index is 384. The van der Waals surface area contributed by atoms with Crippen LogP contribution in [0.4, 0.5) is 5.69 Å². The van der Waals surface area contributed by atoms with E-state index >= 15 is 0 Å². The summed E-state index contributed by atoms with van der Waals surface area (Å²) < 4.78 is 0. The Labute approximate surface area is 90.2 Å². The van der Waals surface area contributed by atoms with Gasteiger partial charge in [-0.3, -0.25) is 5.41 Å². The fourth-order valence-electron chi connectivity index (χ4n) is 2.27. The number of aryl methyl sites for hydroxylation is 1. The second-order valence-electron chi connectivity index (χ2n) is 4.20. The van der Waals surface area contributed by atoms with Gasteiger partial charge < -0.3 is 11.1 Å². The van der Waals surface area contributed by atoms with Gasteiger partial charge in [0.25, 0.3) is 0 Å². The molecule has 15 heavy (non-hydrogen) atoms. The third-order valence-electron chi connectivity index (χ3n) is 3.01. The van der Waals surface area contributed by atoms with Crippen molar-refractivity contribution < 1.29 is 0 Å². The molecule has 0 spiro atoms. The standard InChI is InChI=1S/C12H17N3/c1-8-5-6-9-3-2-4-10(12(8)9)15-7-11(13)14/h2-4,8,15H,5-7H2,1H3,(H3,13,14). The van der Waals surface area contributed by atoms with Crippen LogP contribution < -0.4 is 11.1 Å². The third-order valence-corrected chi connectivity index (χ3v) is 3.01. The van der Waals surface area contributed by atoms with Gasteiger partial charge in [0.2, 0.25) is 0 Å². The van der Waals surface area contributed by atoms with Crippen LogP contribution in [0, 0.1) is 5.41 Å². The van der Waals surface area contributed by atoms with Gasteiger partial charge in [0.15, 0.2) is 0 Å². The number of nitrogens with two attached hydrogens (primary N) is 1. The van der Waals surface area contributed by atoms with Gasteiger partial charge in [-0.2, -0.15) is 0 Å². The molecular formula is C12H17N3. The SMILES string of the molecule is CC1CCc2cccc(NCC(=N)N)c21. The van der Waals surface area contributed by atoms with Crippen molar-refractivity contribution >= 4 is 11.5 Å². The molecule has 0 fully saturated rings. The molecular weight excluding hydrogens is 186 g/mol. The van der Waals surface area contributed by atoms with E-state index in [2.05, 4.69) is 30.4 Å². The Morgan fingerprint density at radius 2 is 2.40 bits per heavy atom. The Kier molecular flexibility index (Phi) is 2.62. The van der Waals surface area contributed by atoms with E-state index in [1.807, 2.05) is 0 Å². The summed E-state index contributed by atoms with van der Waals surface area (Å²) in [5.74, 6) is 0.800. The van der Waals surface area contributed by atoms with Crippen molar-refractivity contribution in [1.29, 1.82) is 5.41 Å². The van der Waals surface area contributed by atoms with E-state index in [1.165, 1.54) is 24.0 Å². The van der Waals surface area contributed by atoms with E-state index in [0.717, 1.165) is 5.69 Å². The number of hydrogen-bond acceptors (Lipinski definition) is 2. The third kappa shape index (κ3) is 1.96. The lowest BCUT2D eigenvalue weighted by molar-refractivity contribution is 0.748. The van der Waals surface area contributed by atoms with Crippen molar-refractivity contribution in [2.45, 2.75) is 25.7 Å². The summed E-state index contributed by atoms with van der Waals surface area (Å²) in [4.78, 5) is 0. The highest BCUT2D eigenvalue weighted by atomic mass is 14.9. The van der Waals surface area contributed by atoms with Gasteiger partial charge in [-0.15, -0.1) is 0 Å². The lowest BCUT2D eigenvalue weighted by atomic mass is 10.0. The van der Waals surface area contributed by atoms with Crippen LogP contribution in [0.2, 0.25) is 0 Å². The van der Waals surface area contributed by atoms with Crippen LogP contribution in [-0.4, -0.2) is 12.4 Å². The van der Waals surface area contributed by atoms with Gasteiger partial charge in [0.05, 0.1) is 6.54 Å². The molecule has 0 saturated heterocycles. The van der Waals surface area contributed by atoms with Crippen LogP contribution in [0.15, 0.2) is 18.2 Å². The molecule has 1 aliphatic carbocycles. The zero-order valence-corrected chi connectivity index (χ0v) is 9.01. The maximum atomic E-state index is 7.21. The van der Waals surface area contributed by atoms with Crippen LogP contribution in [0.25, 0.3) is 0 Å². The van der Waals surface area contributed by atoms with Crippen LogP contribution in [0.1, 0.15) is 30.4 Å². The molecule has 4 N–H and O–H groups in total. The molecule has 0 radical (unpaired) electrons. The highest BCUT2D eigenvalue weighted by Gasteiger charge is 2.21. The fraction of sp³-hybridized carbons (Fsp3) is 0.417. The number of fused-ring (bicyclic) bond motifs is 1. The van der Waals surface area contributed by atoms with E-state index in [1.54, 1.807) is 0 Å². The summed E-state index contributed by atoms with van der Waals surface area (Å²) >= 11 is 0. The van der Waals surface area contributed by atoms with E-state index in [-0.39, 0.29) is 5.84 Å². The number of hydrogen-bond donors (Lipinski definition) is 3. The first-order chi connectivity index (χ1) is 7.18. The molecule has 0 aromatic heterocycles. The minimum absolute atomic E-state index is 0.179. The van der Waals surface area contributed by atoms with Crippen LogP contribution in [0.5, 0.6) is 0 Å². The molecule has 0 heterocycles. The van der Waals surface area contributed by atoms with Crippen molar-refractivity contribution in [3.63, 3.8) is 0 Å². The summed E-state index contributed by atoms with van der Waals surface area (Å²) in [6.07, 6.45) is 2.40. The first-order valence-corrected chi connectivity index (χ1v) is 5.37. The second kappa shape index (κ2) is 3.93. The lowest BCUT2D eigenvalue weighted by Crippen LogP contribution is -2.21. The smallest absolute Gasteiger partial charge is 0.110 e. The Morgan fingerprint density at radius 1 is 1.60 bits per heavy atom. The number of anilines is 1. The second-order valence-corrected chi connectivity index (χ2v) is 4.20. The summed E-state index contributed by atoms with van der Waals surface area (Å²) in [5, 5.41) is 10.4. The predicted molar refractivity (Wildman–Crippen MR) is 63.6 cm³/mol. The normalized spacial score (nSPS) is 18.6. The van der Waals surface area contributed by atoms with E-state index in [9.17, 15) is 0 Å². The summed E-state index contributed by atoms with van der Waals surface area (Å²) in [6.45, 7) is 2.69. The average Bonchev–Trinajstić information content (AvgIpc) is 2.58. The van der Waals surface area contributed by atoms with E-state index < -0.39 is 0 Å². The van der Waals surface area contributed by atoms with Crippen molar-refractivity contribution in [3.8, 4) is 0 Å². The quantitative estimate of drug-likeness (QED) is 0.520. The predicted octanol–water partition coefficient (Wildman–Crippen LogP) is 2.08. The first kappa shape index (κ1) is 10.0. The Morgan fingerprint density at radius 3 is 3.13 bits per heavy atom. The average molecular weight is 203 g/mol. The topological polar surface area (TPSA) is 61.9 Å². The van der Waals surface area contributed by atoms with Crippen molar-refractivity contribution in [3.05, 3.63) is 29.3 Å². The van der Waals surface area contributed by atoms with Gasteiger partial charge in [0, 0.05) is 5.69 Å². The molecule has 1 aromatic rings. The molecule has 1 aliphatic rings. The molecule has 1 aromatic carbocycles. The van der Waals surface area contributed by atoms with Crippen molar-refractivity contribution in [2.24, 2.45) is 5.73 Å². The molecule has 1 atom stereocenters. The molecule has 0 aliphatic heterocycles. The summed E-state index contributed by atoms with van der Waals surface area (Å²) in [6, 6.07) is 6.33. The zero-order valence-electron chi connectivity index (χ0n) is 9.01. The number of nitrogens with one attached hydrogen (secondary N) is 2. The number of amidine groups is 1. The fourth-order valence-corrected chi connectivity index (χ4v) is 2.27. The van der Waals surface area contributed by atoms with Crippen LogP contribution in [0.3, 0.4) is 0 Å². The Balaban J connectivity index is 2.24. The maximum absolute atomic E-state index is 7.21. The molecule has 80 valence electrons. The highest BCUT2D eigenvalue weighted by Crippen LogP contribution is 2.37. The summed E-state index contributed by atoms with van der Waals surface area (Å²) in [7, 11) is 0. The molecule has 2 rings (SSSR count). The van der Waals surface area contributed by atoms with Gasteiger partial charge in [-0.05, 0) is 36.0 Å². The monoisotopic (exact) mass is 203 g/mol. The van der Waals surface area contributed by atoms with E-state index in [0.29, 0.717) is 12.5 Å². The number of benzene rings is 1. The molecule has 3 nitrogen and oxygen atoms in total. The molecule has 0 amide bonds. The minimum atomic E-state index is 0.179. The van der Waals surface area contributed by atoms with Gasteiger partial charge in [0.1, 0.15) is 5.84 Å². The van der Waals surface area contributed by atoms with Gasteiger partial charge in [-0.1, -0.05) is 19.1 Å². The van der Waals surface area contributed by atoms with Gasteiger partial charge >= 0.3 is 0 Å². The van der Waals surface area contributed by atoms with E-state index in [4.69, 9.17) is 11.1 Å². The summed E-state index contributed by atoms with van der Waals surface area (Å²) in [5.41, 5.74) is 9.34. The Hall–Kier alpha value is -1.51. The zero-order chi connectivity index (χ0) is 10.8. The van der Waals surface area contributed by atoms with Crippen molar-refractivity contribution in [2.75, 3.05) is 11.9 Å².